The highest BCUT2D eigenvalue weighted by Crippen LogP contribution is 2.25. The van der Waals surface area contributed by atoms with Gasteiger partial charge in [-0.3, -0.25) is 4.79 Å². The van der Waals surface area contributed by atoms with Crippen LogP contribution in [0.3, 0.4) is 0 Å². The Bertz CT molecular complexity index is 452. The van der Waals surface area contributed by atoms with Crippen molar-refractivity contribution >= 4 is 11.6 Å². The van der Waals surface area contributed by atoms with E-state index in [1.54, 1.807) is 7.11 Å². The molecule has 0 saturated heterocycles. The van der Waals surface area contributed by atoms with Gasteiger partial charge in [-0.25, -0.2) is 0 Å². The Hall–Kier alpha value is -1.39. The molecule has 1 aromatic carbocycles. The minimum atomic E-state index is -0.166. The van der Waals surface area contributed by atoms with Crippen molar-refractivity contribution in [3.8, 4) is 0 Å². The maximum Gasteiger partial charge on any atom is 0.228 e. The highest BCUT2D eigenvalue weighted by molar-refractivity contribution is 5.93. The molecule has 4 nitrogen and oxygen atoms in total. The minimum absolute atomic E-state index is 0.00251. The van der Waals surface area contributed by atoms with Crippen LogP contribution in [0.15, 0.2) is 24.3 Å². The lowest BCUT2D eigenvalue weighted by Crippen LogP contribution is -2.32. The number of carbonyl (C=O) groups excluding carboxylic acids is 1. The molecule has 1 unspecified atom stereocenters. The van der Waals surface area contributed by atoms with Gasteiger partial charge in [-0.2, -0.15) is 0 Å². The highest BCUT2D eigenvalue weighted by Gasteiger charge is 2.24. The van der Waals surface area contributed by atoms with Crippen molar-refractivity contribution in [3.63, 3.8) is 0 Å². The van der Waals surface area contributed by atoms with Crippen LogP contribution in [0.1, 0.15) is 32.8 Å². The van der Waals surface area contributed by atoms with E-state index in [0.717, 1.165) is 24.1 Å². The topological polar surface area (TPSA) is 64.3 Å². The second-order valence-corrected chi connectivity index (χ2v) is 6.59. The average molecular weight is 292 g/mol. The molecule has 118 valence electrons. The third kappa shape index (κ3) is 6.27. The lowest BCUT2D eigenvalue weighted by molar-refractivity contribution is -0.120. The van der Waals surface area contributed by atoms with Gasteiger partial charge in [0.1, 0.15) is 0 Å². The number of hydrogen-bond donors (Lipinski definition) is 2. The number of nitrogens with two attached hydrogens (primary N) is 1. The first-order valence-corrected chi connectivity index (χ1v) is 7.45. The third-order valence-corrected chi connectivity index (χ3v) is 3.36. The van der Waals surface area contributed by atoms with Crippen molar-refractivity contribution in [2.75, 3.05) is 25.6 Å². The van der Waals surface area contributed by atoms with E-state index in [4.69, 9.17) is 10.5 Å². The average Bonchev–Trinajstić information content (AvgIpc) is 2.42. The number of benzene rings is 1. The fraction of sp³-hybridized carbons (Fsp3) is 0.588. The van der Waals surface area contributed by atoms with Gasteiger partial charge in [0, 0.05) is 19.3 Å². The molecular formula is C17H28N2O2. The Morgan fingerprint density at radius 2 is 2.00 bits per heavy atom. The van der Waals surface area contributed by atoms with Crippen LogP contribution in [0.25, 0.3) is 0 Å². The molecule has 3 N–H and O–H groups in total. The van der Waals surface area contributed by atoms with E-state index in [1.165, 1.54) is 0 Å². The molecule has 4 heteroatoms. The summed E-state index contributed by atoms with van der Waals surface area (Å²) < 4.78 is 5.11. The minimum Gasteiger partial charge on any atom is -0.384 e. The lowest BCUT2D eigenvalue weighted by atomic mass is 9.84. The van der Waals surface area contributed by atoms with Crippen LogP contribution >= 0.6 is 0 Å². The zero-order valence-corrected chi connectivity index (χ0v) is 13.6. The van der Waals surface area contributed by atoms with E-state index < -0.39 is 0 Å². The van der Waals surface area contributed by atoms with Crippen molar-refractivity contribution in [2.45, 2.75) is 33.6 Å². The monoisotopic (exact) mass is 292 g/mol. The van der Waals surface area contributed by atoms with Gasteiger partial charge in [0.05, 0.1) is 12.5 Å². The predicted molar refractivity (Wildman–Crippen MR) is 87.3 cm³/mol. The van der Waals surface area contributed by atoms with Crippen LogP contribution in [-0.2, 0) is 16.0 Å². The first-order chi connectivity index (χ1) is 9.87. The van der Waals surface area contributed by atoms with E-state index in [9.17, 15) is 4.79 Å². The summed E-state index contributed by atoms with van der Waals surface area (Å²) in [7, 11) is 1.68. The van der Waals surface area contributed by atoms with Gasteiger partial charge in [-0.15, -0.1) is 0 Å². The van der Waals surface area contributed by atoms with Crippen molar-refractivity contribution < 1.29 is 9.53 Å². The Morgan fingerprint density at radius 3 is 2.57 bits per heavy atom. The van der Waals surface area contributed by atoms with Crippen molar-refractivity contribution in [1.82, 2.24) is 0 Å². The second kappa shape index (κ2) is 8.15. The summed E-state index contributed by atoms with van der Waals surface area (Å²) in [6.45, 7) is 7.36. The molecule has 0 aliphatic rings. The van der Waals surface area contributed by atoms with E-state index >= 15 is 0 Å². The van der Waals surface area contributed by atoms with Gasteiger partial charge in [-0.1, -0.05) is 39.0 Å². The summed E-state index contributed by atoms with van der Waals surface area (Å²) in [5, 5.41) is 3.02. The SMILES string of the molecule is COCCc1ccccc1NC(=O)C(CN)CC(C)(C)C. The first-order valence-electron chi connectivity index (χ1n) is 7.45. The van der Waals surface area contributed by atoms with Crippen LogP contribution in [-0.4, -0.2) is 26.2 Å². The van der Waals surface area contributed by atoms with Gasteiger partial charge in [0.2, 0.25) is 5.91 Å². The quantitative estimate of drug-likeness (QED) is 0.812. The Labute approximate surface area is 128 Å². The van der Waals surface area contributed by atoms with Crippen LogP contribution in [0, 0.1) is 11.3 Å². The molecular weight excluding hydrogens is 264 g/mol. The largest absolute Gasteiger partial charge is 0.384 e. The second-order valence-electron chi connectivity index (χ2n) is 6.59. The normalized spacial score (nSPS) is 13.0. The van der Waals surface area contributed by atoms with Gasteiger partial charge in [-0.05, 0) is 29.9 Å². The fourth-order valence-electron chi connectivity index (χ4n) is 2.33. The van der Waals surface area contributed by atoms with Crippen molar-refractivity contribution in [3.05, 3.63) is 29.8 Å². The molecule has 1 amide bonds. The summed E-state index contributed by atoms with van der Waals surface area (Å²) in [6.07, 6.45) is 1.55. The summed E-state index contributed by atoms with van der Waals surface area (Å²) >= 11 is 0. The number of ether oxygens (including phenoxy) is 1. The number of para-hydroxylation sites is 1. The van der Waals surface area contributed by atoms with Gasteiger partial charge in [0.25, 0.3) is 0 Å². The Balaban J connectivity index is 2.77. The van der Waals surface area contributed by atoms with Crippen LogP contribution in [0.5, 0.6) is 0 Å². The number of carbonyl (C=O) groups is 1. The predicted octanol–water partition coefficient (Wildman–Crippen LogP) is 2.83. The molecule has 0 aliphatic carbocycles. The fourth-order valence-corrected chi connectivity index (χ4v) is 2.33. The highest BCUT2D eigenvalue weighted by atomic mass is 16.5. The number of rotatable bonds is 7. The molecule has 21 heavy (non-hydrogen) atoms. The van der Waals surface area contributed by atoms with Crippen molar-refractivity contribution in [1.29, 1.82) is 0 Å². The molecule has 0 spiro atoms. The van der Waals surface area contributed by atoms with E-state index in [-0.39, 0.29) is 17.2 Å². The first kappa shape index (κ1) is 17.7. The Morgan fingerprint density at radius 1 is 1.33 bits per heavy atom. The van der Waals surface area contributed by atoms with Gasteiger partial charge < -0.3 is 15.8 Å². The van der Waals surface area contributed by atoms with Crippen molar-refractivity contribution in [2.24, 2.45) is 17.1 Å². The number of amides is 1. The number of anilines is 1. The number of nitrogens with one attached hydrogen (secondary N) is 1. The molecule has 0 aromatic heterocycles. The third-order valence-electron chi connectivity index (χ3n) is 3.36. The number of hydrogen-bond acceptors (Lipinski definition) is 3. The molecule has 0 radical (unpaired) electrons. The molecule has 0 aliphatic heterocycles. The van der Waals surface area contributed by atoms with Crippen LogP contribution in [0.2, 0.25) is 0 Å². The lowest BCUT2D eigenvalue weighted by Gasteiger charge is -2.24. The smallest absolute Gasteiger partial charge is 0.228 e. The van der Waals surface area contributed by atoms with Gasteiger partial charge in [0.15, 0.2) is 0 Å². The molecule has 1 aromatic rings. The maximum atomic E-state index is 12.4. The van der Waals surface area contributed by atoms with E-state index in [1.807, 2.05) is 24.3 Å². The van der Waals surface area contributed by atoms with E-state index in [0.29, 0.717) is 13.2 Å². The molecule has 1 rings (SSSR count). The standard InChI is InChI=1S/C17H28N2O2/c1-17(2,3)11-14(12-18)16(20)19-15-8-6-5-7-13(15)9-10-21-4/h5-8,14H,9-12,18H2,1-4H3,(H,19,20). The number of methoxy groups -OCH3 is 1. The molecule has 0 saturated carbocycles. The van der Waals surface area contributed by atoms with Crippen LogP contribution in [0.4, 0.5) is 5.69 Å². The molecule has 1 atom stereocenters. The Kier molecular flexibility index (Phi) is 6.85. The zero-order valence-electron chi connectivity index (χ0n) is 13.6. The van der Waals surface area contributed by atoms with Crippen LogP contribution < -0.4 is 11.1 Å². The summed E-state index contributed by atoms with van der Waals surface area (Å²) in [5.41, 5.74) is 7.79. The van der Waals surface area contributed by atoms with Gasteiger partial charge >= 0.3 is 0 Å². The summed E-state index contributed by atoms with van der Waals surface area (Å²) in [6, 6.07) is 7.83. The maximum absolute atomic E-state index is 12.4. The molecule has 0 heterocycles. The zero-order chi connectivity index (χ0) is 15.9. The summed E-state index contributed by atoms with van der Waals surface area (Å²) in [5.74, 6) is -0.169. The summed E-state index contributed by atoms with van der Waals surface area (Å²) in [4.78, 5) is 12.4. The molecule has 0 bridgehead atoms. The van der Waals surface area contributed by atoms with E-state index in [2.05, 4.69) is 26.1 Å². The molecule has 0 fully saturated rings.